The SMILES string of the molecule is Cc1ccc(S(=O)(=O)c2ccc(Cl)cc2)cc1S(=O)(=O)NC(=O)c1ccccc1. The first-order valence-electron chi connectivity index (χ1n) is 8.35. The van der Waals surface area contributed by atoms with Gasteiger partial charge in [-0.25, -0.2) is 21.6 Å². The number of sulfonamides is 1. The summed E-state index contributed by atoms with van der Waals surface area (Å²) in [6, 6.07) is 17.1. The van der Waals surface area contributed by atoms with Crippen molar-refractivity contribution in [3.05, 3.63) is 88.9 Å². The zero-order valence-electron chi connectivity index (χ0n) is 15.2. The van der Waals surface area contributed by atoms with Gasteiger partial charge in [-0.15, -0.1) is 0 Å². The maximum absolute atomic E-state index is 12.9. The second-order valence-electron chi connectivity index (χ2n) is 6.19. The number of carbonyl (C=O) groups excluding carboxylic acids is 1. The molecule has 3 aromatic rings. The van der Waals surface area contributed by atoms with Crippen LogP contribution in [0.15, 0.2) is 87.5 Å². The number of hydrogen-bond acceptors (Lipinski definition) is 5. The van der Waals surface area contributed by atoms with E-state index in [0.717, 1.165) is 6.07 Å². The van der Waals surface area contributed by atoms with E-state index in [1.807, 2.05) is 4.72 Å². The molecule has 0 aliphatic carbocycles. The summed E-state index contributed by atoms with van der Waals surface area (Å²) in [6.07, 6.45) is 0. The quantitative estimate of drug-likeness (QED) is 0.641. The lowest BCUT2D eigenvalue weighted by molar-refractivity contribution is 0.0981. The fourth-order valence-electron chi connectivity index (χ4n) is 2.61. The Morgan fingerprint density at radius 3 is 2.03 bits per heavy atom. The molecule has 29 heavy (non-hydrogen) atoms. The first kappa shape index (κ1) is 21.0. The average molecular weight is 450 g/mol. The van der Waals surface area contributed by atoms with Gasteiger partial charge in [-0.3, -0.25) is 4.79 Å². The molecule has 9 heteroatoms. The third-order valence-electron chi connectivity index (χ3n) is 4.15. The minimum absolute atomic E-state index is 0.0255. The van der Waals surface area contributed by atoms with E-state index in [-0.39, 0.29) is 20.2 Å². The van der Waals surface area contributed by atoms with Gasteiger partial charge in [-0.1, -0.05) is 35.9 Å². The molecule has 3 aromatic carbocycles. The van der Waals surface area contributed by atoms with Gasteiger partial charge in [0.15, 0.2) is 0 Å². The molecule has 0 radical (unpaired) electrons. The summed E-state index contributed by atoms with van der Waals surface area (Å²) in [4.78, 5) is 11.7. The van der Waals surface area contributed by atoms with E-state index >= 15 is 0 Å². The van der Waals surface area contributed by atoms with Crippen LogP contribution in [0.1, 0.15) is 15.9 Å². The first-order valence-corrected chi connectivity index (χ1v) is 11.7. The molecule has 0 saturated heterocycles. The molecule has 0 heterocycles. The molecule has 0 spiro atoms. The maximum Gasteiger partial charge on any atom is 0.264 e. The van der Waals surface area contributed by atoms with Crippen molar-refractivity contribution in [2.75, 3.05) is 0 Å². The van der Waals surface area contributed by atoms with Crippen LogP contribution in [0.2, 0.25) is 5.02 Å². The third-order valence-corrected chi connectivity index (χ3v) is 7.64. The molecule has 3 rings (SSSR count). The number of aryl methyl sites for hydroxylation is 1. The standard InChI is InChI=1S/C20H16ClNO5S2/c1-14-7-10-18(28(24,25)17-11-8-16(21)9-12-17)13-19(14)29(26,27)22-20(23)15-5-3-2-4-6-15/h2-13H,1H3,(H,22,23). The zero-order chi connectivity index (χ0) is 21.2. The number of hydrogen-bond donors (Lipinski definition) is 1. The number of sulfone groups is 1. The van der Waals surface area contributed by atoms with Crippen molar-refractivity contribution in [2.24, 2.45) is 0 Å². The monoisotopic (exact) mass is 449 g/mol. The van der Waals surface area contributed by atoms with Gasteiger partial charge in [0.25, 0.3) is 15.9 Å². The molecule has 0 fully saturated rings. The highest BCUT2D eigenvalue weighted by Gasteiger charge is 2.25. The summed E-state index contributed by atoms with van der Waals surface area (Å²) in [5.41, 5.74) is 0.465. The number of halogens is 1. The summed E-state index contributed by atoms with van der Waals surface area (Å²) in [5.74, 6) is -0.809. The van der Waals surface area contributed by atoms with Gasteiger partial charge in [-0.2, -0.15) is 0 Å². The lowest BCUT2D eigenvalue weighted by atomic mass is 10.2. The molecule has 1 amide bonds. The highest BCUT2D eigenvalue weighted by atomic mass is 35.5. The predicted molar refractivity (Wildman–Crippen MR) is 109 cm³/mol. The lowest BCUT2D eigenvalue weighted by Gasteiger charge is -2.12. The molecular weight excluding hydrogens is 434 g/mol. The molecule has 1 N–H and O–H groups in total. The summed E-state index contributed by atoms with van der Waals surface area (Å²) in [7, 11) is -8.27. The molecule has 0 saturated carbocycles. The number of rotatable bonds is 5. The highest BCUT2D eigenvalue weighted by Crippen LogP contribution is 2.26. The van der Waals surface area contributed by atoms with E-state index < -0.39 is 25.8 Å². The Kier molecular flexibility index (Phi) is 5.79. The second kappa shape index (κ2) is 7.98. The van der Waals surface area contributed by atoms with Crippen molar-refractivity contribution >= 4 is 37.4 Å². The molecule has 0 aliphatic rings. The molecule has 0 aromatic heterocycles. The predicted octanol–water partition coefficient (Wildman–Crippen LogP) is 3.60. The lowest BCUT2D eigenvalue weighted by Crippen LogP contribution is -2.31. The summed E-state index contributed by atoms with van der Waals surface area (Å²) in [6.45, 7) is 1.51. The topological polar surface area (TPSA) is 97.4 Å². The van der Waals surface area contributed by atoms with Gasteiger partial charge in [0.1, 0.15) is 0 Å². The second-order valence-corrected chi connectivity index (χ2v) is 10.2. The van der Waals surface area contributed by atoms with Gasteiger partial charge >= 0.3 is 0 Å². The Morgan fingerprint density at radius 2 is 1.41 bits per heavy atom. The molecular formula is C20H16ClNO5S2. The normalized spacial score (nSPS) is 11.8. The first-order chi connectivity index (χ1) is 13.6. The van der Waals surface area contributed by atoms with Crippen molar-refractivity contribution in [1.29, 1.82) is 0 Å². The highest BCUT2D eigenvalue weighted by molar-refractivity contribution is 7.92. The van der Waals surface area contributed by atoms with Crippen molar-refractivity contribution in [3.8, 4) is 0 Å². The maximum atomic E-state index is 12.9. The average Bonchev–Trinajstić information content (AvgIpc) is 2.68. The number of carbonyl (C=O) groups is 1. The Labute approximate surface area is 174 Å². The van der Waals surface area contributed by atoms with Crippen molar-refractivity contribution in [2.45, 2.75) is 21.6 Å². The Hall–Kier alpha value is -2.68. The molecule has 150 valence electrons. The van der Waals surface area contributed by atoms with E-state index in [1.54, 1.807) is 18.2 Å². The van der Waals surface area contributed by atoms with E-state index in [9.17, 15) is 21.6 Å². The fourth-order valence-corrected chi connectivity index (χ4v) is 5.35. The van der Waals surface area contributed by atoms with E-state index in [4.69, 9.17) is 11.6 Å². The van der Waals surface area contributed by atoms with Crippen LogP contribution < -0.4 is 4.72 Å². The van der Waals surface area contributed by atoms with Gasteiger partial charge in [0.2, 0.25) is 9.84 Å². The zero-order valence-corrected chi connectivity index (χ0v) is 17.6. The smallest absolute Gasteiger partial charge is 0.264 e. The Bertz CT molecular complexity index is 1270. The Balaban J connectivity index is 2.00. The van der Waals surface area contributed by atoms with E-state index in [2.05, 4.69) is 0 Å². The van der Waals surface area contributed by atoms with Gasteiger partial charge < -0.3 is 0 Å². The van der Waals surface area contributed by atoms with Gasteiger partial charge in [0.05, 0.1) is 14.7 Å². The van der Waals surface area contributed by atoms with Gasteiger partial charge in [0, 0.05) is 10.6 Å². The van der Waals surface area contributed by atoms with Crippen LogP contribution in [0, 0.1) is 6.92 Å². The molecule has 6 nitrogen and oxygen atoms in total. The fraction of sp³-hybridized carbons (Fsp3) is 0.0500. The van der Waals surface area contributed by atoms with Crippen LogP contribution in [-0.2, 0) is 19.9 Å². The van der Waals surface area contributed by atoms with Crippen molar-refractivity contribution in [3.63, 3.8) is 0 Å². The summed E-state index contributed by atoms with van der Waals surface area (Å²) < 4.78 is 53.2. The van der Waals surface area contributed by atoms with Crippen LogP contribution in [0.3, 0.4) is 0 Å². The van der Waals surface area contributed by atoms with E-state index in [0.29, 0.717) is 10.6 Å². The Morgan fingerprint density at radius 1 is 0.828 bits per heavy atom. The number of nitrogens with one attached hydrogen (secondary N) is 1. The van der Waals surface area contributed by atoms with Crippen LogP contribution in [0.4, 0.5) is 0 Å². The molecule has 0 bridgehead atoms. The third kappa shape index (κ3) is 4.50. The molecule has 0 unspecified atom stereocenters. The summed E-state index contributed by atoms with van der Waals surface area (Å²) in [5, 5.41) is 0.375. The van der Waals surface area contributed by atoms with Crippen molar-refractivity contribution < 1.29 is 21.6 Å². The van der Waals surface area contributed by atoms with Crippen molar-refractivity contribution in [1.82, 2.24) is 4.72 Å². The van der Waals surface area contributed by atoms with Crippen LogP contribution in [0.25, 0.3) is 0 Å². The summed E-state index contributed by atoms with van der Waals surface area (Å²) >= 11 is 5.80. The van der Waals surface area contributed by atoms with Crippen LogP contribution >= 0.6 is 11.6 Å². The molecule has 0 aliphatic heterocycles. The van der Waals surface area contributed by atoms with Crippen LogP contribution in [0.5, 0.6) is 0 Å². The molecule has 0 atom stereocenters. The minimum Gasteiger partial charge on any atom is -0.268 e. The minimum atomic E-state index is -4.30. The largest absolute Gasteiger partial charge is 0.268 e. The van der Waals surface area contributed by atoms with Crippen LogP contribution in [-0.4, -0.2) is 22.7 Å². The number of amides is 1. The van der Waals surface area contributed by atoms with Gasteiger partial charge in [-0.05, 0) is 61.0 Å². The number of benzene rings is 3. The van der Waals surface area contributed by atoms with E-state index in [1.165, 1.54) is 55.5 Å².